The molecule has 1 heterocycles. The van der Waals surface area contributed by atoms with Gasteiger partial charge in [0.15, 0.2) is 0 Å². The first-order valence-corrected chi connectivity index (χ1v) is 6.00. The number of amidine groups is 1. The monoisotopic (exact) mass is 225 g/mol. The Morgan fingerprint density at radius 1 is 1.38 bits per heavy atom. The van der Waals surface area contributed by atoms with Gasteiger partial charge in [-0.3, -0.25) is 9.79 Å². The van der Waals surface area contributed by atoms with Crippen molar-refractivity contribution >= 4 is 11.7 Å². The molecule has 92 valence electrons. The smallest absolute Gasteiger partial charge is 0.242 e. The maximum absolute atomic E-state index is 11.8. The summed E-state index contributed by atoms with van der Waals surface area (Å²) in [7, 11) is 0. The summed E-state index contributed by atoms with van der Waals surface area (Å²) in [6.07, 6.45) is 3.29. The van der Waals surface area contributed by atoms with E-state index in [1.54, 1.807) is 0 Å². The third-order valence-electron chi connectivity index (χ3n) is 2.40. The van der Waals surface area contributed by atoms with Crippen LogP contribution < -0.4 is 10.6 Å². The molecule has 0 aliphatic carbocycles. The van der Waals surface area contributed by atoms with Gasteiger partial charge in [0.1, 0.15) is 6.04 Å². The van der Waals surface area contributed by atoms with Crippen molar-refractivity contribution in [2.75, 3.05) is 6.54 Å². The number of carbonyl (C=O) groups is 1. The first-order chi connectivity index (χ1) is 7.38. The van der Waals surface area contributed by atoms with Crippen molar-refractivity contribution in [1.82, 2.24) is 10.6 Å². The summed E-state index contributed by atoms with van der Waals surface area (Å²) in [6, 6.07) is -0.212. The summed E-state index contributed by atoms with van der Waals surface area (Å²) in [5.74, 6) is 1.00. The van der Waals surface area contributed by atoms with Crippen LogP contribution in [0.3, 0.4) is 0 Å². The molecule has 0 radical (unpaired) electrons. The fourth-order valence-electron chi connectivity index (χ4n) is 1.61. The third-order valence-corrected chi connectivity index (χ3v) is 2.40. The number of hydrogen-bond donors (Lipinski definition) is 2. The number of nitrogens with one attached hydrogen (secondary N) is 2. The first kappa shape index (κ1) is 13.0. The van der Waals surface area contributed by atoms with Crippen molar-refractivity contribution in [2.24, 2.45) is 4.99 Å². The fraction of sp³-hybridized carbons (Fsp3) is 0.833. The summed E-state index contributed by atoms with van der Waals surface area (Å²) in [4.78, 5) is 16.2. The van der Waals surface area contributed by atoms with Gasteiger partial charge in [0, 0.05) is 18.5 Å². The van der Waals surface area contributed by atoms with Gasteiger partial charge in [-0.05, 0) is 40.5 Å². The molecule has 1 amide bonds. The Hall–Kier alpha value is -1.06. The number of amides is 1. The minimum absolute atomic E-state index is 0.0285. The predicted molar refractivity (Wildman–Crippen MR) is 66.6 cm³/mol. The van der Waals surface area contributed by atoms with E-state index < -0.39 is 0 Å². The fourth-order valence-corrected chi connectivity index (χ4v) is 1.61. The summed E-state index contributed by atoms with van der Waals surface area (Å²) < 4.78 is 0. The third kappa shape index (κ3) is 4.64. The van der Waals surface area contributed by atoms with E-state index >= 15 is 0 Å². The standard InChI is InChI=1S/C12H23N3O/c1-9(11(16)15-12(2,3)4)14-10-7-5-6-8-13-10/h9H,5-8H2,1-4H3,(H,13,14)(H,15,16). The van der Waals surface area contributed by atoms with Crippen molar-refractivity contribution in [3.63, 3.8) is 0 Å². The molecule has 16 heavy (non-hydrogen) atoms. The van der Waals surface area contributed by atoms with Crippen molar-refractivity contribution in [2.45, 2.75) is 58.5 Å². The van der Waals surface area contributed by atoms with Crippen LogP contribution in [0.2, 0.25) is 0 Å². The minimum atomic E-state index is -0.212. The van der Waals surface area contributed by atoms with Gasteiger partial charge in [-0.15, -0.1) is 0 Å². The summed E-state index contributed by atoms with van der Waals surface area (Å²) in [5.41, 5.74) is -0.179. The molecule has 1 rings (SSSR count). The van der Waals surface area contributed by atoms with E-state index in [1.807, 2.05) is 27.7 Å². The zero-order chi connectivity index (χ0) is 12.2. The Morgan fingerprint density at radius 3 is 2.56 bits per heavy atom. The quantitative estimate of drug-likeness (QED) is 0.747. The molecule has 4 heteroatoms. The van der Waals surface area contributed by atoms with Gasteiger partial charge in [-0.2, -0.15) is 0 Å². The van der Waals surface area contributed by atoms with E-state index in [0.717, 1.165) is 25.2 Å². The Kier molecular flexibility index (Phi) is 4.33. The van der Waals surface area contributed by atoms with Crippen LogP contribution in [-0.4, -0.2) is 29.9 Å². The molecule has 0 saturated heterocycles. The molecule has 0 fully saturated rings. The van der Waals surface area contributed by atoms with Crippen LogP contribution in [0.4, 0.5) is 0 Å². The van der Waals surface area contributed by atoms with Crippen LogP contribution in [0.5, 0.6) is 0 Å². The normalized spacial score (nSPS) is 18.6. The average Bonchev–Trinajstić information content (AvgIpc) is 2.16. The van der Waals surface area contributed by atoms with Crippen LogP contribution in [0, 0.1) is 0 Å². The van der Waals surface area contributed by atoms with E-state index in [0.29, 0.717) is 0 Å². The average molecular weight is 225 g/mol. The Balaban J connectivity index is 2.42. The van der Waals surface area contributed by atoms with Crippen LogP contribution in [0.1, 0.15) is 47.0 Å². The SMILES string of the molecule is CC(NC1=NCCCC1)C(=O)NC(C)(C)C. The zero-order valence-corrected chi connectivity index (χ0v) is 10.8. The topological polar surface area (TPSA) is 53.5 Å². The van der Waals surface area contributed by atoms with Gasteiger partial charge in [0.25, 0.3) is 0 Å². The van der Waals surface area contributed by atoms with Crippen molar-refractivity contribution in [3.8, 4) is 0 Å². The van der Waals surface area contributed by atoms with Crippen molar-refractivity contribution < 1.29 is 4.79 Å². The Labute approximate surface area is 97.9 Å². The lowest BCUT2D eigenvalue weighted by Gasteiger charge is -2.25. The van der Waals surface area contributed by atoms with Gasteiger partial charge in [0.05, 0.1) is 5.84 Å². The van der Waals surface area contributed by atoms with Crippen molar-refractivity contribution in [1.29, 1.82) is 0 Å². The van der Waals surface area contributed by atoms with Crippen LogP contribution in [0.15, 0.2) is 4.99 Å². The number of aliphatic imine (C=N–C) groups is 1. The first-order valence-electron chi connectivity index (χ1n) is 6.00. The molecule has 4 nitrogen and oxygen atoms in total. The summed E-state index contributed by atoms with van der Waals surface area (Å²) >= 11 is 0. The molecule has 0 aromatic carbocycles. The Morgan fingerprint density at radius 2 is 2.06 bits per heavy atom. The van der Waals surface area contributed by atoms with E-state index in [2.05, 4.69) is 15.6 Å². The van der Waals surface area contributed by atoms with E-state index in [9.17, 15) is 4.79 Å². The highest BCUT2D eigenvalue weighted by atomic mass is 16.2. The highest BCUT2D eigenvalue weighted by molar-refractivity contribution is 5.90. The van der Waals surface area contributed by atoms with E-state index in [4.69, 9.17) is 0 Å². The number of rotatable bonds is 2. The molecule has 0 saturated carbocycles. The molecular formula is C12H23N3O. The molecule has 1 aliphatic rings. The largest absolute Gasteiger partial charge is 0.362 e. The van der Waals surface area contributed by atoms with Crippen molar-refractivity contribution in [3.05, 3.63) is 0 Å². The predicted octanol–water partition coefficient (Wildman–Crippen LogP) is 1.46. The lowest BCUT2D eigenvalue weighted by atomic mass is 10.1. The minimum Gasteiger partial charge on any atom is -0.362 e. The van der Waals surface area contributed by atoms with Crippen LogP contribution >= 0.6 is 0 Å². The molecule has 2 N–H and O–H groups in total. The second-order valence-electron chi connectivity index (χ2n) is 5.39. The molecule has 0 aromatic heterocycles. The summed E-state index contributed by atoms with van der Waals surface area (Å²) in [6.45, 7) is 8.70. The molecule has 1 atom stereocenters. The summed E-state index contributed by atoms with van der Waals surface area (Å²) in [5, 5.41) is 6.13. The second-order valence-corrected chi connectivity index (χ2v) is 5.39. The van der Waals surface area contributed by atoms with Gasteiger partial charge < -0.3 is 10.6 Å². The number of hydrogen-bond acceptors (Lipinski definition) is 3. The Bertz CT molecular complexity index is 278. The second kappa shape index (κ2) is 5.32. The highest BCUT2D eigenvalue weighted by Gasteiger charge is 2.20. The molecule has 1 unspecified atom stereocenters. The zero-order valence-electron chi connectivity index (χ0n) is 10.8. The van der Waals surface area contributed by atoms with Gasteiger partial charge in [-0.1, -0.05) is 0 Å². The molecular weight excluding hydrogens is 202 g/mol. The van der Waals surface area contributed by atoms with Crippen LogP contribution in [-0.2, 0) is 4.79 Å². The van der Waals surface area contributed by atoms with E-state index in [-0.39, 0.29) is 17.5 Å². The maximum atomic E-state index is 11.8. The molecule has 1 aliphatic heterocycles. The van der Waals surface area contributed by atoms with Gasteiger partial charge in [0.2, 0.25) is 5.91 Å². The van der Waals surface area contributed by atoms with Gasteiger partial charge >= 0.3 is 0 Å². The van der Waals surface area contributed by atoms with E-state index in [1.165, 1.54) is 6.42 Å². The molecule has 0 bridgehead atoms. The number of nitrogens with zero attached hydrogens (tertiary/aromatic N) is 1. The molecule has 0 aromatic rings. The lowest BCUT2D eigenvalue weighted by molar-refractivity contribution is -0.123. The highest BCUT2D eigenvalue weighted by Crippen LogP contribution is 2.05. The molecule has 0 spiro atoms. The van der Waals surface area contributed by atoms with Crippen LogP contribution in [0.25, 0.3) is 0 Å². The lowest BCUT2D eigenvalue weighted by Crippen LogP contribution is -2.51. The van der Waals surface area contributed by atoms with Gasteiger partial charge in [-0.25, -0.2) is 0 Å². The maximum Gasteiger partial charge on any atom is 0.242 e. The number of carbonyl (C=O) groups excluding carboxylic acids is 1.